The molecular weight excluding hydrogens is 400 g/mol. The number of rotatable bonds is 5. The van der Waals surface area contributed by atoms with Crippen LogP contribution in [0.5, 0.6) is 0 Å². The minimum Gasteiger partial charge on any atom is -0.294 e. The molecule has 3 rings (SSSR count). The van der Waals surface area contributed by atoms with Gasteiger partial charge in [-0.15, -0.1) is 0 Å². The summed E-state index contributed by atoms with van der Waals surface area (Å²) in [6.45, 7) is 8.71. The van der Waals surface area contributed by atoms with Gasteiger partial charge in [-0.3, -0.25) is 9.52 Å². The Kier molecular flexibility index (Phi) is 4.91. The maximum absolute atomic E-state index is 12.9. The lowest BCUT2D eigenvalue weighted by Crippen LogP contribution is -2.30. The number of Topliss-reactive ketones (excluding diaryl/α,β-unsaturated/α-hetero) is 1. The average molecular weight is 427 g/mol. The van der Waals surface area contributed by atoms with Gasteiger partial charge in [-0.1, -0.05) is 13.8 Å². The number of carbonyl (C=O) groups is 1. The van der Waals surface area contributed by atoms with Crippen molar-refractivity contribution in [3.05, 3.63) is 29.0 Å². The van der Waals surface area contributed by atoms with E-state index in [1.54, 1.807) is 26.0 Å². The zero-order chi connectivity index (χ0) is 21.1. The Morgan fingerprint density at radius 2 is 1.71 bits per heavy atom. The summed E-state index contributed by atoms with van der Waals surface area (Å²) in [5, 5.41) is 0.479. The smallest absolute Gasteiger partial charge is 0.238 e. The Balaban J connectivity index is 2.40. The summed E-state index contributed by atoms with van der Waals surface area (Å²) in [6.07, 6.45) is 0.770. The predicted molar refractivity (Wildman–Crippen MR) is 111 cm³/mol. The third-order valence-electron chi connectivity index (χ3n) is 5.22. The first-order valence-electron chi connectivity index (χ1n) is 9.27. The van der Waals surface area contributed by atoms with E-state index < -0.39 is 20.0 Å². The number of anilines is 1. The van der Waals surface area contributed by atoms with Crippen molar-refractivity contribution in [3.63, 3.8) is 0 Å². The van der Waals surface area contributed by atoms with Gasteiger partial charge in [0.05, 0.1) is 22.7 Å². The van der Waals surface area contributed by atoms with Crippen molar-refractivity contribution in [1.82, 2.24) is 3.97 Å². The van der Waals surface area contributed by atoms with Crippen LogP contribution >= 0.6 is 0 Å². The molecule has 0 saturated heterocycles. The summed E-state index contributed by atoms with van der Waals surface area (Å²) in [6, 6.07) is 3.24. The third kappa shape index (κ3) is 3.45. The molecule has 9 heteroatoms. The van der Waals surface area contributed by atoms with Crippen molar-refractivity contribution in [3.8, 4) is 0 Å². The van der Waals surface area contributed by atoms with E-state index in [-0.39, 0.29) is 22.7 Å². The predicted octanol–water partition coefficient (Wildman–Crippen LogP) is 3.06. The molecule has 1 N–H and O–H groups in total. The second kappa shape index (κ2) is 6.59. The molecule has 0 radical (unpaired) electrons. The number of aryl methyl sites for hydroxylation is 1. The number of benzene rings is 1. The number of nitrogens with one attached hydrogen (secondary N) is 1. The second-order valence-electron chi connectivity index (χ2n) is 8.12. The lowest BCUT2D eigenvalue weighted by molar-refractivity contribution is 0.0913. The van der Waals surface area contributed by atoms with Gasteiger partial charge in [-0.05, 0) is 50.3 Å². The topological polar surface area (TPSA) is 102 Å². The molecule has 0 fully saturated rings. The Morgan fingerprint density at radius 1 is 1.07 bits per heavy atom. The highest BCUT2D eigenvalue weighted by Gasteiger charge is 2.38. The number of sulfonamides is 1. The molecule has 0 bridgehead atoms. The first-order chi connectivity index (χ1) is 12.8. The number of carbonyl (C=O) groups excluding carboxylic acids is 1. The van der Waals surface area contributed by atoms with Crippen molar-refractivity contribution < 1.29 is 21.6 Å². The number of hydrogen-bond acceptors (Lipinski definition) is 5. The summed E-state index contributed by atoms with van der Waals surface area (Å²) in [5.41, 5.74) is 1.92. The van der Waals surface area contributed by atoms with Gasteiger partial charge in [0.2, 0.25) is 20.0 Å². The molecule has 1 aliphatic carbocycles. The van der Waals surface area contributed by atoms with Crippen LogP contribution in [0.4, 0.5) is 5.69 Å². The van der Waals surface area contributed by atoms with Crippen LogP contribution in [0.1, 0.15) is 55.7 Å². The van der Waals surface area contributed by atoms with Gasteiger partial charge in [0.15, 0.2) is 5.78 Å². The number of aromatic nitrogens is 1. The first kappa shape index (κ1) is 20.9. The van der Waals surface area contributed by atoms with E-state index in [2.05, 4.69) is 4.72 Å². The van der Waals surface area contributed by atoms with E-state index in [9.17, 15) is 21.6 Å². The molecule has 0 atom stereocenters. The molecule has 0 spiro atoms. The Hall–Kier alpha value is -1.87. The van der Waals surface area contributed by atoms with Crippen molar-refractivity contribution >= 4 is 42.4 Å². The minimum atomic E-state index is -3.64. The summed E-state index contributed by atoms with van der Waals surface area (Å²) in [4.78, 5) is 12.9. The molecule has 0 aliphatic heterocycles. The maximum Gasteiger partial charge on any atom is 0.238 e. The van der Waals surface area contributed by atoms with Crippen LogP contribution < -0.4 is 4.72 Å². The molecule has 0 saturated carbocycles. The van der Waals surface area contributed by atoms with E-state index in [1.165, 1.54) is 10.9 Å². The van der Waals surface area contributed by atoms with Crippen LogP contribution in [0.3, 0.4) is 0 Å². The Labute approximate surface area is 166 Å². The van der Waals surface area contributed by atoms with Gasteiger partial charge < -0.3 is 0 Å². The van der Waals surface area contributed by atoms with Crippen molar-refractivity contribution in [2.75, 3.05) is 16.2 Å². The molecule has 0 unspecified atom stereocenters. The molecule has 1 aromatic carbocycles. The summed E-state index contributed by atoms with van der Waals surface area (Å²) in [7, 11) is -7.14. The van der Waals surface area contributed by atoms with E-state index in [0.29, 0.717) is 46.3 Å². The summed E-state index contributed by atoms with van der Waals surface area (Å²) < 4.78 is 53.6. The molecule has 1 heterocycles. The average Bonchev–Trinajstić information content (AvgIpc) is 2.87. The fourth-order valence-corrected chi connectivity index (χ4v) is 5.67. The highest BCUT2D eigenvalue weighted by molar-refractivity contribution is 7.92. The molecule has 1 aromatic heterocycles. The normalized spacial score (nSPS) is 17.0. The van der Waals surface area contributed by atoms with E-state index in [0.717, 1.165) is 0 Å². The lowest BCUT2D eigenvalue weighted by atomic mass is 9.76. The van der Waals surface area contributed by atoms with Gasteiger partial charge in [-0.2, -0.15) is 0 Å². The van der Waals surface area contributed by atoms with E-state index >= 15 is 0 Å². The van der Waals surface area contributed by atoms with Crippen molar-refractivity contribution in [1.29, 1.82) is 0 Å². The van der Waals surface area contributed by atoms with E-state index in [1.807, 2.05) is 13.8 Å². The fraction of sp³-hybridized carbons (Fsp3) is 0.526. The van der Waals surface area contributed by atoms with Gasteiger partial charge >= 0.3 is 0 Å². The van der Waals surface area contributed by atoms with Crippen LogP contribution in [0.25, 0.3) is 10.9 Å². The van der Waals surface area contributed by atoms with Crippen LogP contribution in [0.2, 0.25) is 0 Å². The Morgan fingerprint density at radius 3 is 2.29 bits per heavy atom. The highest BCUT2D eigenvalue weighted by atomic mass is 32.2. The fourth-order valence-electron chi connectivity index (χ4n) is 3.77. The van der Waals surface area contributed by atoms with Crippen molar-refractivity contribution in [2.45, 2.75) is 47.5 Å². The van der Waals surface area contributed by atoms with Gasteiger partial charge in [0, 0.05) is 23.1 Å². The standard InChI is InChI=1S/C19H26N2O5S2/c1-6-27(23,24)20-14-9-13-15(8-12(14)3)21(28(25,26)7-2)16-10-19(4,5)11-17(22)18(13)16/h8-9,20H,6-7,10-11H2,1-5H3. The SMILES string of the molecule is CCS(=O)(=O)Nc1cc2c3c(n(S(=O)(=O)CC)c2cc1C)CC(C)(C)CC3=O. The van der Waals surface area contributed by atoms with Crippen LogP contribution in [0.15, 0.2) is 12.1 Å². The van der Waals surface area contributed by atoms with Gasteiger partial charge in [0.25, 0.3) is 0 Å². The van der Waals surface area contributed by atoms with Crippen molar-refractivity contribution in [2.24, 2.45) is 5.41 Å². The molecule has 1 aliphatic rings. The zero-order valence-corrected chi connectivity index (χ0v) is 18.4. The molecule has 0 amide bonds. The molecule has 7 nitrogen and oxygen atoms in total. The number of ketones is 1. The maximum atomic E-state index is 12.9. The monoisotopic (exact) mass is 426 g/mol. The second-order valence-corrected chi connectivity index (χ2v) is 12.2. The molecule has 154 valence electrons. The largest absolute Gasteiger partial charge is 0.294 e. The highest BCUT2D eigenvalue weighted by Crippen LogP contribution is 2.42. The van der Waals surface area contributed by atoms with Gasteiger partial charge in [-0.25, -0.2) is 20.8 Å². The van der Waals surface area contributed by atoms with Crippen LogP contribution in [0, 0.1) is 12.3 Å². The molecule has 2 aromatic rings. The van der Waals surface area contributed by atoms with Gasteiger partial charge in [0.1, 0.15) is 0 Å². The minimum absolute atomic E-state index is 0.0824. The summed E-state index contributed by atoms with van der Waals surface area (Å²) in [5.74, 6) is -0.295. The summed E-state index contributed by atoms with van der Waals surface area (Å²) >= 11 is 0. The first-order valence-corrected chi connectivity index (χ1v) is 12.5. The lowest BCUT2D eigenvalue weighted by Gasteiger charge is -2.29. The molecular formula is C19H26N2O5S2. The number of nitrogens with zero attached hydrogens (tertiary/aromatic N) is 1. The molecule has 28 heavy (non-hydrogen) atoms. The number of hydrogen-bond donors (Lipinski definition) is 1. The van der Waals surface area contributed by atoms with Crippen LogP contribution in [-0.2, 0) is 26.5 Å². The Bertz CT molecular complexity index is 1190. The third-order valence-corrected chi connectivity index (χ3v) is 8.21. The van der Waals surface area contributed by atoms with Crippen LogP contribution in [-0.4, -0.2) is 38.1 Å². The van der Waals surface area contributed by atoms with E-state index in [4.69, 9.17) is 0 Å². The zero-order valence-electron chi connectivity index (χ0n) is 16.8. The number of fused-ring (bicyclic) bond motifs is 3. The quantitative estimate of drug-likeness (QED) is 0.792.